The van der Waals surface area contributed by atoms with Crippen molar-refractivity contribution in [1.82, 2.24) is 10.2 Å². The van der Waals surface area contributed by atoms with Crippen LogP contribution in [0, 0.1) is 0 Å². The van der Waals surface area contributed by atoms with Crippen LogP contribution in [0.4, 0.5) is 10.5 Å². The summed E-state index contributed by atoms with van der Waals surface area (Å²) in [7, 11) is 0. The lowest BCUT2D eigenvalue weighted by Gasteiger charge is -2.13. The molecule has 0 saturated carbocycles. The summed E-state index contributed by atoms with van der Waals surface area (Å²) < 4.78 is 5.50. The van der Waals surface area contributed by atoms with Gasteiger partial charge in [0.05, 0.1) is 9.50 Å². The molecule has 3 N–H and O–H groups in total. The molecule has 0 spiro atoms. The molecule has 1 fully saturated rings. The Labute approximate surface area is 202 Å². The normalized spacial score (nSPS) is 14.4. The molecule has 1 aliphatic heterocycles. The van der Waals surface area contributed by atoms with E-state index in [0.717, 1.165) is 10.5 Å². The van der Waals surface area contributed by atoms with Crippen molar-refractivity contribution in [2.24, 2.45) is 0 Å². The lowest BCUT2D eigenvalue weighted by atomic mass is 10.1. The number of amides is 4. The molecule has 0 radical (unpaired) electrons. The molecule has 1 aliphatic rings. The number of hydrogen-bond donors (Lipinski definition) is 3. The molecule has 4 amide bonds. The Morgan fingerprint density at radius 3 is 2.67 bits per heavy atom. The van der Waals surface area contributed by atoms with Crippen LogP contribution >= 0.6 is 27.5 Å². The van der Waals surface area contributed by atoms with Crippen LogP contribution in [0.2, 0.25) is 5.02 Å². The number of carbonyl (C=O) groups excluding carboxylic acids is 3. The van der Waals surface area contributed by atoms with E-state index in [2.05, 4.69) is 26.6 Å². The van der Waals surface area contributed by atoms with Crippen LogP contribution in [-0.2, 0) is 20.8 Å². The SMILES string of the molecule is CCc1ccccc1NC(=O)CN1C(=O)N/C(=C/c2cc(Cl)c(OCC(=O)O)c(Br)c2)C1=O. The van der Waals surface area contributed by atoms with Crippen LogP contribution < -0.4 is 15.4 Å². The van der Waals surface area contributed by atoms with Gasteiger partial charge in [0.2, 0.25) is 5.91 Å². The fraction of sp³-hybridized carbons (Fsp3) is 0.182. The first-order chi connectivity index (χ1) is 15.7. The van der Waals surface area contributed by atoms with Crippen LogP contribution in [0.1, 0.15) is 18.1 Å². The molecule has 172 valence electrons. The number of carboxylic acids is 1. The van der Waals surface area contributed by atoms with Gasteiger partial charge in [0.15, 0.2) is 12.4 Å². The molecule has 9 nitrogen and oxygen atoms in total. The Balaban J connectivity index is 1.73. The van der Waals surface area contributed by atoms with Crippen molar-refractivity contribution in [2.45, 2.75) is 13.3 Å². The number of ether oxygens (including phenoxy) is 1. The fourth-order valence-electron chi connectivity index (χ4n) is 3.10. The van der Waals surface area contributed by atoms with Crippen LogP contribution in [0.25, 0.3) is 6.08 Å². The minimum Gasteiger partial charge on any atom is -0.479 e. The topological polar surface area (TPSA) is 125 Å². The smallest absolute Gasteiger partial charge is 0.341 e. The average Bonchev–Trinajstić information content (AvgIpc) is 3.00. The van der Waals surface area contributed by atoms with Crippen molar-refractivity contribution in [1.29, 1.82) is 0 Å². The highest BCUT2D eigenvalue weighted by Crippen LogP contribution is 2.35. The number of urea groups is 1. The lowest BCUT2D eigenvalue weighted by molar-refractivity contribution is -0.139. The second-order valence-electron chi connectivity index (χ2n) is 6.93. The standard InChI is InChI=1S/C22H19BrClN3O6/c1-2-13-5-3-4-6-16(13)25-18(28)10-27-21(31)17(26-22(27)32)9-12-7-14(23)20(15(24)8-12)33-11-19(29)30/h3-9H,2,10-11H2,1H3,(H,25,28)(H,26,32)(H,29,30)/b17-9+. The van der Waals surface area contributed by atoms with Crippen LogP contribution in [0.5, 0.6) is 5.75 Å². The third-order valence-corrected chi connectivity index (χ3v) is 5.48. The van der Waals surface area contributed by atoms with E-state index in [0.29, 0.717) is 22.1 Å². The first-order valence-corrected chi connectivity index (χ1v) is 10.9. The molecule has 0 aliphatic carbocycles. The van der Waals surface area contributed by atoms with Gasteiger partial charge >= 0.3 is 12.0 Å². The monoisotopic (exact) mass is 535 g/mol. The Morgan fingerprint density at radius 1 is 1.27 bits per heavy atom. The maximum absolute atomic E-state index is 12.7. The summed E-state index contributed by atoms with van der Waals surface area (Å²) in [6, 6.07) is 9.55. The zero-order valence-electron chi connectivity index (χ0n) is 17.4. The van der Waals surface area contributed by atoms with Crippen molar-refractivity contribution in [3.8, 4) is 5.75 Å². The van der Waals surface area contributed by atoms with Crippen LogP contribution in [0.3, 0.4) is 0 Å². The highest BCUT2D eigenvalue weighted by atomic mass is 79.9. The number of carboxylic acid groups (broad SMARTS) is 1. The third kappa shape index (κ3) is 5.91. The van der Waals surface area contributed by atoms with Gasteiger partial charge in [0, 0.05) is 5.69 Å². The summed E-state index contributed by atoms with van der Waals surface area (Å²) in [5.74, 6) is -2.21. The molecule has 0 unspecified atom stereocenters. The Hall–Kier alpha value is -3.37. The minimum absolute atomic E-state index is 0.0380. The van der Waals surface area contributed by atoms with Gasteiger partial charge in [-0.05, 0) is 57.8 Å². The molecule has 1 saturated heterocycles. The summed E-state index contributed by atoms with van der Waals surface area (Å²) >= 11 is 9.40. The van der Waals surface area contributed by atoms with E-state index in [9.17, 15) is 19.2 Å². The van der Waals surface area contributed by atoms with E-state index in [-0.39, 0.29) is 16.5 Å². The molecule has 1 heterocycles. The third-order valence-electron chi connectivity index (χ3n) is 4.61. The maximum Gasteiger partial charge on any atom is 0.341 e. The van der Waals surface area contributed by atoms with E-state index >= 15 is 0 Å². The van der Waals surface area contributed by atoms with Gasteiger partial charge in [-0.2, -0.15) is 0 Å². The number of nitrogens with one attached hydrogen (secondary N) is 2. The number of imide groups is 1. The molecule has 0 bridgehead atoms. The summed E-state index contributed by atoms with van der Waals surface area (Å²) in [5, 5.41) is 14.0. The molecular formula is C22H19BrClN3O6. The zero-order valence-corrected chi connectivity index (χ0v) is 19.7. The van der Waals surface area contributed by atoms with Gasteiger partial charge in [-0.3, -0.25) is 9.59 Å². The molecule has 2 aromatic rings. The predicted octanol–water partition coefficient (Wildman–Crippen LogP) is 3.66. The van der Waals surface area contributed by atoms with E-state index in [4.69, 9.17) is 21.4 Å². The van der Waals surface area contributed by atoms with Gasteiger partial charge in [0.25, 0.3) is 5.91 Å². The summed E-state index contributed by atoms with van der Waals surface area (Å²) in [6.07, 6.45) is 2.10. The number of hydrogen-bond acceptors (Lipinski definition) is 5. The predicted molar refractivity (Wildman–Crippen MR) is 125 cm³/mol. The molecule has 33 heavy (non-hydrogen) atoms. The van der Waals surface area contributed by atoms with Gasteiger partial charge in [0.1, 0.15) is 12.2 Å². The molecule has 11 heteroatoms. The summed E-state index contributed by atoms with van der Waals surface area (Å²) in [4.78, 5) is 48.9. The number of rotatable bonds is 8. The van der Waals surface area contributed by atoms with E-state index < -0.39 is 37.0 Å². The number of aliphatic carboxylic acids is 1. The van der Waals surface area contributed by atoms with Crippen molar-refractivity contribution in [3.63, 3.8) is 0 Å². The minimum atomic E-state index is -1.16. The highest BCUT2D eigenvalue weighted by molar-refractivity contribution is 9.10. The van der Waals surface area contributed by atoms with E-state index in [1.54, 1.807) is 18.2 Å². The highest BCUT2D eigenvalue weighted by Gasteiger charge is 2.35. The molecule has 2 aromatic carbocycles. The largest absolute Gasteiger partial charge is 0.479 e. The molecule has 0 aromatic heterocycles. The Bertz CT molecular complexity index is 1140. The van der Waals surface area contributed by atoms with Gasteiger partial charge in [-0.1, -0.05) is 36.7 Å². The van der Waals surface area contributed by atoms with Gasteiger partial charge in [-0.25, -0.2) is 14.5 Å². The lowest BCUT2D eigenvalue weighted by Crippen LogP contribution is -2.38. The Kier molecular flexibility index (Phi) is 7.72. The van der Waals surface area contributed by atoms with Crippen molar-refractivity contribution >= 4 is 63.1 Å². The van der Waals surface area contributed by atoms with Gasteiger partial charge in [-0.15, -0.1) is 0 Å². The molecule has 3 rings (SSSR count). The zero-order chi connectivity index (χ0) is 24.1. The van der Waals surface area contributed by atoms with E-state index in [1.807, 2.05) is 19.1 Å². The second-order valence-corrected chi connectivity index (χ2v) is 8.20. The number of para-hydroxylation sites is 1. The summed E-state index contributed by atoms with van der Waals surface area (Å²) in [5.41, 5.74) is 1.96. The fourth-order valence-corrected chi connectivity index (χ4v) is 4.09. The van der Waals surface area contributed by atoms with Crippen LogP contribution in [0.15, 0.2) is 46.6 Å². The number of anilines is 1. The number of aryl methyl sites for hydroxylation is 1. The van der Waals surface area contributed by atoms with Crippen molar-refractivity contribution < 1.29 is 29.0 Å². The Morgan fingerprint density at radius 2 is 2.00 bits per heavy atom. The molecular weight excluding hydrogens is 518 g/mol. The quantitative estimate of drug-likeness (QED) is 0.349. The number of benzene rings is 2. The van der Waals surface area contributed by atoms with Gasteiger partial charge < -0.3 is 20.5 Å². The average molecular weight is 537 g/mol. The second kappa shape index (κ2) is 10.5. The van der Waals surface area contributed by atoms with Crippen molar-refractivity contribution in [3.05, 3.63) is 62.7 Å². The van der Waals surface area contributed by atoms with Crippen molar-refractivity contribution in [2.75, 3.05) is 18.5 Å². The maximum atomic E-state index is 12.7. The van der Waals surface area contributed by atoms with E-state index in [1.165, 1.54) is 12.1 Å². The number of nitrogens with zero attached hydrogens (tertiary/aromatic N) is 1. The first kappa shape index (κ1) is 24.3. The summed E-state index contributed by atoms with van der Waals surface area (Å²) in [6.45, 7) is 0.925. The van der Waals surface area contributed by atoms with Crippen LogP contribution in [-0.4, -0.2) is 47.0 Å². The first-order valence-electron chi connectivity index (χ1n) is 9.75. The number of halogens is 2. The molecule has 0 atom stereocenters. The number of carbonyl (C=O) groups is 4.